The van der Waals surface area contributed by atoms with E-state index in [1.807, 2.05) is 51.5 Å². The number of halogens is 1. The van der Waals surface area contributed by atoms with Crippen LogP contribution < -0.4 is 4.74 Å². The van der Waals surface area contributed by atoms with Gasteiger partial charge in [0.15, 0.2) is 0 Å². The van der Waals surface area contributed by atoms with Gasteiger partial charge in [0.2, 0.25) is 5.88 Å². The van der Waals surface area contributed by atoms with E-state index in [4.69, 9.17) is 4.74 Å². The van der Waals surface area contributed by atoms with Gasteiger partial charge in [0, 0.05) is 49.0 Å². The lowest BCUT2D eigenvalue weighted by atomic mass is 9.99. The number of nitrogens with zero attached hydrogens (tertiary/aromatic N) is 5. The van der Waals surface area contributed by atoms with Crippen molar-refractivity contribution in [3.63, 3.8) is 0 Å². The zero-order valence-corrected chi connectivity index (χ0v) is 28.7. The molecule has 3 heterocycles. The van der Waals surface area contributed by atoms with Gasteiger partial charge in [-0.05, 0) is 105 Å². The normalized spacial score (nSPS) is 11.7. The van der Waals surface area contributed by atoms with Crippen LogP contribution in [0.15, 0.2) is 110 Å². The van der Waals surface area contributed by atoms with Crippen LogP contribution in [0.5, 0.6) is 17.4 Å². The van der Waals surface area contributed by atoms with Gasteiger partial charge in [0.1, 0.15) is 23.0 Å². The van der Waals surface area contributed by atoms with Gasteiger partial charge in [-0.2, -0.15) is 0 Å². The molecule has 3 aromatic heterocycles. The van der Waals surface area contributed by atoms with Crippen molar-refractivity contribution in [2.24, 2.45) is 0 Å². The number of hydrogen-bond donors (Lipinski definition) is 1. The number of hydrogen-bond acceptors (Lipinski definition) is 6. The highest BCUT2D eigenvalue weighted by Gasteiger charge is 2.19. The Morgan fingerprint density at radius 2 is 1.51 bits per heavy atom. The molecule has 0 aliphatic rings. The van der Waals surface area contributed by atoms with Crippen molar-refractivity contribution in [1.82, 2.24) is 24.4 Å². The molecule has 6 rings (SSSR count). The van der Waals surface area contributed by atoms with E-state index in [9.17, 15) is 9.50 Å². The maximum atomic E-state index is 14.2. The first-order valence-electron chi connectivity index (χ1n) is 16.5. The highest BCUT2D eigenvalue weighted by atomic mass is 19.1. The fourth-order valence-electron chi connectivity index (χ4n) is 5.77. The lowest BCUT2D eigenvalue weighted by Gasteiger charge is -2.18. The summed E-state index contributed by atoms with van der Waals surface area (Å²) in [6, 6.07) is 30.5. The van der Waals surface area contributed by atoms with Gasteiger partial charge in [0.25, 0.3) is 0 Å². The molecule has 0 spiro atoms. The molecule has 0 saturated heterocycles. The first-order chi connectivity index (χ1) is 23.5. The number of ether oxygens (including phenoxy) is 1. The molecule has 0 saturated carbocycles. The molecule has 0 unspecified atom stereocenters. The summed E-state index contributed by atoms with van der Waals surface area (Å²) in [5.41, 5.74) is 7.57. The third kappa shape index (κ3) is 8.58. The molecule has 6 aromatic rings. The molecule has 0 amide bonds. The summed E-state index contributed by atoms with van der Waals surface area (Å²) < 4.78 is 22.3. The second kappa shape index (κ2) is 14.4. The zero-order chi connectivity index (χ0) is 34.5. The van der Waals surface area contributed by atoms with Crippen molar-refractivity contribution >= 4 is 0 Å². The Morgan fingerprint density at radius 1 is 0.816 bits per heavy atom. The van der Waals surface area contributed by atoms with E-state index in [0.717, 1.165) is 46.9 Å². The van der Waals surface area contributed by atoms with Crippen LogP contribution in [-0.4, -0.2) is 36.6 Å². The fraction of sp³-hybridized carbons (Fsp3) is 0.244. The lowest BCUT2D eigenvalue weighted by molar-refractivity contribution is 0.220. The molecule has 0 bridgehead atoms. The number of rotatable bonds is 12. The number of aromatic hydroxyl groups is 1. The summed E-state index contributed by atoms with van der Waals surface area (Å²) in [6.45, 7) is 8.87. The minimum absolute atomic E-state index is 0.214. The fourth-order valence-corrected chi connectivity index (χ4v) is 5.77. The van der Waals surface area contributed by atoms with Gasteiger partial charge in [-0.3, -0.25) is 9.88 Å². The number of imidazole rings is 1. The summed E-state index contributed by atoms with van der Waals surface area (Å²) >= 11 is 0. The first-order valence-corrected chi connectivity index (χ1v) is 16.5. The van der Waals surface area contributed by atoms with E-state index in [2.05, 4.69) is 79.0 Å². The standard InChI is InChI=1S/C41H42FN5O2/c1-28-22-34(15-18-38(28)49-40-19-16-35(24-44-40)41(3,4)42)33-13-11-31(12-14-33)23-30-7-9-32(10-8-30)25-47-21-20-43-39(47)27-46(5)26-36-37(48)17-6-29(2)45-36/h6-22,24,48H,23,25-27H2,1-5H3. The SMILES string of the molecule is Cc1ccc(O)c(CN(C)Cc2nccn2Cc2ccc(Cc3ccc(-c4ccc(Oc5ccc(C(C)(C)F)cn5)c(C)c4)cc3)cc2)n1. The van der Waals surface area contributed by atoms with Crippen molar-refractivity contribution < 1.29 is 14.2 Å². The van der Waals surface area contributed by atoms with Gasteiger partial charge in [-0.1, -0.05) is 54.6 Å². The smallest absolute Gasteiger partial charge is 0.219 e. The van der Waals surface area contributed by atoms with Crippen LogP contribution in [0, 0.1) is 13.8 Å². The van der Waals surface area contributed by atoms with Crippen molar-refractivity contribution in [1.29, 1.82) is 0 Å². The minimum Gasteiger partial charge on any atom is -0.506 e. The Kier molecular flexibility index (Phi) is 9.87. The van der Waals surface area contributed by atoms with E-state index in [-0.39, 0.29) is 5.75 Å². The molecule has 49 heavy (non-hydrogen) atoms. The zero-order valence-electron chi connectivity index (χ0n) is 28.7. The highest BCUT2D eigenvalue weighted by molar-refractivity contribution is 5.66. The van der Waals surface area contributed by atoms with Gasteiger partial charge in [0.05, 0.1) is 12.2 Å². The minimum atomic E-state index is -1.44. The van der Waals surface area contributed by atoms with Crippen LogP contribution >= 0.6 is 0 Å². The van der Waals surface area contributed by atoms with Gasteiger partial charge >= 0.3 is 0 Å². The monoisotopic (exact) mass is 655 g/mol. The third-order valence-electron chi connectivity index (χ3n) is 8.61. The van der Waals surface area contributed by atoms with Gasteiger partial charge < -0.3 is 14.4 Å². The van der Waals surface area contributed by atoms with E-state index >= 15 is 0 Å². The van der Waals surface area contributed by atoms with Crippen LogP contribution in [0.1, 0.15) is 58.9 Å². The quantitative estimate of drug-likeness (QED) is 0.142. The van der Waals surface area contributed by atoms with E-state index in [1.54, 1.807) is 18.2 Å². The molecular weight excluding hydrogens is 613 g/mol. The predicted octanol–water partition coefficient (Wildman–Crippen LogP) is 8.93. The summed E-state index contributed by atoms with van der Waals surface area (Å²) in [6.07, 6.45) is 6.21. The Hall–Kier alpha value is -5.34. The molecule has 7 nitrogen and oxygen atoms in total. The Bertz CT molecular complexity index is 2010. The van der Waals surface area contributed by atoms with Gasteiger partial charge in [-0.15, -0.1) is 0 Å². The molecule has 0 fully saturated rings. The number of benzene rings is 3. The summed E-state index contributed by atoms with van der Waals surface area (Å²) in [4.78, 5) is 15.5. The average molecular weight is 656 g/mol. The molecule has 3 aromatic carbocycles. The Balaban J connectivity index is 1.03. The second-order valence-corrected chi connectivity index (χ2v) is 13.2. The molecule has 0 radical (unpaired) electrons. The van der Waals surface area contributed by atoms with Crippen LogP contribution in [0.4, 0.5) is 4.39 Å². The van der Waals surface area contributed by atoms with Crippen LogP contribution in [0.25, 0.3) is 11.1 Å². The van der Waals surface area contributed by atoms with E-state index in [0.29, 0.717) is 30.2 Å². The molecule has 250 valence electrons. The average Bonchev–Trinajstić information content (AvgIpc) is 3.50. The number of pyridine rings is 2. The van der Waals surface area contributed by atoms with Crippen molar-refractivity contribution in [3.8, 4) is 28.5 Å². The van der Waals surface area contributed by atoms with Crippen molar-refractivity contribution in [3.05, 3.63) is 155 Å². The Morgan fingerprint density at radius 3 is 2.18 bits per heavy atom. The van der Waals surface area contributed by atoms with Crippen molar-refractivity contribution in [2.75, 3.05) is 7.05 Å². The van der Waals surface area contributed by atoms with Gasteiger partial charge in [-0.25, -0.2) is 14.4 Å². The number of aryl methyl sites for hydroxylation is 2. The number of aromatic nitrogens is 4. The topological polar surface area (TPSA) is 76.3 Å². The molecule has 0 atom stereocenters. The first kappa shape index (κ1) is 33.6. The Labute approximate surface area is 287 Å². The lowest BCUT2D eigenvalue weighted by Crippen LogP contribution is -2.21. The second-order valence-electron chi connectivity index (χ2n) is 13.2. The highest BCUT2D eigenvalue weighted by Crippen LogP contribution is 2.31. The predicted molar refractivity (Wildman–Crippen MR) is 191 cm³/mol. The maximum Gasteiger partial charge on any atom is 0.219 e. The van der Waals surface area contributed by atoms with E-state index in [1.165, 1.54) is 36.7 Å². The van der Waals surface area contributed by atoms with Crippen LogP contribution in [0.3, 0.4) is 0 Å². The summed E-state index contributed by atoms with van der Waals surface area (Å²) in [5, 5.41) is 10.2. The summed E-state index contributed by atoms with van der Waals surface area (Å²) in [5.74, 6) is 2.33. The largest absolute Gasteiger partial charge is 0.506 e. The molecule has 1 N–H and O–H groups in total. The summed E-state index contributed by atoms with van der Waals surface area (Å²) in [7, 11) is 2.01. The third-order valence-corrected chi connectivity index (χ3v) is 8.61. The van der Waals surface area contributed by atoms with Crippen LogP contribution in [0.2, 0.25) is 0 Å². The molecule has 0 aliphatic heterocycles. The molecule has 0 aliphatic carbocycles. The number of alkyl halides is 1. The van der Waals surface area contributed by atoms with Crippen LogP contribution in [-0.2, 0) is 31.7 Å². The molecular formula is C41H42FN5O2. The van der Waals surface area contributed by atoms with E-state index < -0.39 is 5.67 Å². The molecule has 8 heteroatoms. The maximum absolute atomic E-state index is 14.2. The van der Waals surface area contributed by atoms with Crippen molar-refractivity contribution in [2.45, 2.75) is 59.4 Å².